The lowest BCUT2D eigenvalue weighted by Gasteiger charge is -2.34. The van der Waals surface area contributed by atoms with Crippen LogP contribution in [0, 0.1) is 5.82 Å². The second kappa shape index (κ2) is 10.6. The number of halogens is 1. The molecule has 4 aromatic rings. The van der Waals surface area contributed by atoms with Gasteiger partial charge in [-0.3, -0.25) is 14.6 Å². The largest absolute Gasteiger partial charge is 0.497 e. The zero-order valence-electron chi connectivity index (χ0n) is 19.5. The Balaban J connectivity index is 1.15. The summed E-state index contributed by atoms with van der Waals surface area (Å²) >= 11 is 1.44. The van der Waals surface area contributed by atoms with Gasteiger partial charge in [-0.05, 0) is 42.0 Å². The van der Waals surface area contributed by atoms with Gasteiger partial charge in [0.15, 0.2) is 0 Å². The lowest BCUT2D eigenvalue weighted by atomic mass is 10.1. The van der Waals surface area contributed by atoms with Crippen molar-refractivity contribution in [1.82, 2.24) is 19.8 Å². The molecule has 5 rings (SSSR count). The monoisotopic (exact) mass is 494 g/mol. The van der Waals surface area contributed by atoms with E-state index in [0.29, 0.717) is 29.2 Å². The van der Waals surface area contributed by atoms with Crippen molar-refractivity contribution in [3.05, 3.63) is 75.9 Å². The molecule has 182 valence electrons. The van der Waals surface area contributed by atoms with E-state index in [-0.39, 0.29) is 11.4 Å². The molecule has 0 radical (unpaired) electrons. The van der Waals surface area contributed by atoms with Crippen molar-refractivity contribution in [3.8, 4) is 22.6 Å². The third-order valence-electron chi connectivity index (χ3n) is 6.22. The van der Waals surface area contributed by atoms with Crippen LogP contribution < -0.4 is 15.0 Å². The van der Waals surface area contributed by atoms with Crippen LogP contribution in [0.3, 0.4) is 0 Å². The van der Waals surface area contributed by atoms with Crippen molar-refractivity contribution in [2.24, 2.45) is 0 Å². The van der Waals surface area contributed by atoms with Crippen LogP contribution in [0.1, 0.15) is 5.82 Å². The van der Waals surface area contributed by atoms with Crippen molar-refractivity contribution in [2.45, 2.75) is 6.54 Å². The summed E-state index contributed by atoms with van der Waals surface area (Å²) in [5.74, 6) is 2.03. The molecular weight excluding hydrogens is 467 g/mol. The van der Waals surface area contributed by atoms with Gasteiger partial charge < -0.3 is 14.5 Å². The highest BCUT2D eigenvalue weighted by Gasteiger charge is 2.19. The summed E-state index contributed by atoms with van der Waals surface area (Å²) in [5.41, 5.74) is 1.44. The van der Waals surface area contributed by atoms with E-state index in [0.717, 1.165) is 55.3 Å². The highest BCUT2D eigenvalue weighted by molar-refractivity contribution is 7.17. The minimum atomic E-state index is -0.299. The Kier molecular flexibility index (Phi) is 7.08. The summed E-state index contributed by atoms with van der Waals surface area (Å²) in [6.07, 6.45) is 0. The van der Waals surface area contributed by atoms with Crippen LogP contribution in [0.5, 0.6) is 11.5 Å². The summed E-state index contributed by atoms with van der Waals surface area (Å²) in [6, 6.07) is 13.8. The second-order valence-corrected chi connectivity index (χ2v) is 9.35. The number of methoxy groups -OCH3 is 1. The number of nitrogens with zero attached hydrogens (tertiary/aromatic N) is 3. The van der Waals surface area contributed by atoms with E-state index in [1.54, 1.807) is 19.2 Å². The first-order valence-electron chi connectivity index (χ1n) is 11.6. The molecule has 2 aromatic carbocycles. The molecular formula is C26H27FN4O3S. The van der Waals surface area contributed by atoms with E-state index < -0.39 is 0 Å². The fourth-order valence-corrected chi connectivity index (χ4v) is 5.22. The first-order valence-corrected chi connectivity index (χ1v) is 12.4. The van der Waals surface area contributed by atoms with Gasteiger partial charge in [-0.15, -0.1) is 11.3 Å². The summed E-state index contributed by atoms with van der Waals surface area (Å²) < 4.78 is 24.3. The van der Waals surface area contributed by atoms with Crippen LogP contribution in [0.2, 0.25) is 0 Å². The molecule has 1 N–H and O–H groups in total. The number of piperazine rings is 1. The summed E-state index contributed by atoms with van der Waals surface area (Å²) in [4.78, 5) is 25.9. The van der Waals surface area contributed by atoms with Gasteiger partial charge in [0.1, 0.15) is 34.6 Å². The maximum atomic E-state index is 13.3. The molecule has 0 bridgehead atoms. The zero-order valence-corrected chi connectivity index (χ0v) is 20.3. The SMILES string of the molecule is COc1ccc(OCCN2CCN(Cc3nc4scc(-c5ccc(F)cc5)c4c(=O)[nH]3)CC2)cc1. The summed E-state index contributed by atoms with van der Waals surface area (Å²) in [5, 5.41) is 2.48. The molecule has 2 aromatic heterocycles. The van der Waals surface area contributed by atoms with Crippen LogP contribution in [0.15, 0.2) is 58.7 Å². The Morgan fingerprint density at radius 2 is 1.69 bits per heavy atom. The minimum absolute atomic E-state index is 0.153. The average molecular weight is 495 g/mol. The molecule has 35 heavy (non-hydrogen) atoms. The number of benzene rings is 2. The van der Waals surface area contributed by atoms with E-state index in [9.17, 15) is 9.18 Å². The number of aromatic amines is 1. The van der Waals surface area contributed by atoms with Gasteiger partial charge in [0.2, 0.25) is 0 Å². The van der Waals surface area contributed by atoms with Crippen molar-refractivity contribution in [3.63, 3.8) is 0 Å². The number of H-pyrrole nitrogens is 1. The highest BCUT2D eigenvalue weighted by atomic mass is 32.1. The number of aromatic nitrogens is 2. The van der Waals surface area contributed by atoms with E-state index >= 15 is 0 Å². The Labute approximate surface area is 206 Å². The van der Waals surface area contributed by atoms with Crippen molar-refractivity contribution >= 4 is 21.6 Å². The number of thiophene rings is 1. The maximum Gasteiger partial charge on any atom is 0.260 e. The fourth-order valence-electron chi connectivity index (χ4n) is 4.26. The number of hydrogen-bond donors (Lipinski definition) is 1. The maximum absolute atomic E-state index is 13.3. The number of fused-ring (bicyclic) bond motifs is 1. The molecule has 1 fully saturated rings. The number of nitrogens with one attached hydrogen (secondary N) is 1. The molecule has 0 amide bonds. The summed E-state index contributed by atoms with van der Waals surface area (Å²) in [6.45, 7) is 5.77. The van der Waals surface area contributed by atoms with Gasteiger partial charge in [-0.2, -0.15) is 0 Å². The predicted octanol–water partition coefficient (Wildman–Crippen LogP) is 4.00. The van der Waals surface area contributed by atoms with Crippen molar-refractivity contribution in [1.29, 1.82) is 0 Å². The van der Waals surface area contributed by atoms with Gasteiger partial charge in [-0.25, -0.2) is 9.37 Å². The molecule has 0 saturated carbocycles. The highest BCUT2D eigenvalue weighted by Crippen LogP contribution is 2.30. The average Bonchev–Trinajstić information content (AvgIpc) is 3.31. The topological polar surface area (TPSA) is 70.7 Å². The van der Waals surface area contributed by atoms with Crippen LogP contribution in [-0.4, -0.2) is 66.2 Å². The van der Waals surface area contributed by atoms with Gasteiger partial charge in [-0.1, -0.05) is 12.1 Å². The minimum Gasteiger partial charge on any atom is -0.497 e. The Bertz CT molecular complexity index is 1330. The quantitative estimate of drug-likeness (QED) is 0.399. The van der Waals surface area contributed by atoms with Gasteiger partial charge in [0.05, 0.1) is 19.0 Å². The predicted molar refractivity (Wildman–Crippen MR) is 136 cm³/mol. The smallest absolute Gasteiger partial charge is 0.260 e. The van der Waals surface area contributed by atoms with E-state index in [4.69, 9.17) is 14.5 Å². The van der Waals surface area contributed by atoms with Crippen LogP contribution >= 0.6 is 11.3 Å². The van der Waals surface area contributed by atoms with Gasteiger partial charge in [0.25, 0.3) is 5.56 Å². The number of ether oxygens (including phenoxy) is 2. The van der Waals surface area contributed by atoms with Crippen molar-refractivity contribution in [2.75, 3.05) is 46.4 Å². The standard InChI is InChI=1S/C26H27FN4O3S/c1-33-20-6-8-21(9-7-20)34-15-14-30-10-12-31(13-11-30)16-23-28-25(32)24-22(17-35-26(24)29-23)18-2-4-19(27)5-3-18/h2-9,17H,10-16H2,1H3,(H,28,29,32). The molecule has 0 atom stereocenters. The van der Waals surface area contributed by atoms with E-state index in [1.807, 2.05) is 29.6 Å². The Morgan fingerprint density at radius 3 is 2.40 bits per heavy atom. The Morgan fingerprint density at radius 1 is 1.00 bits per heavy atom. The molecule has 1 saturated heterocycles. The molecule has 9 heteroatoms. The Hall–Kier alpha value is -3.27. The third kappa shape index (κ3) is 5.53. The van der Waals surface area contributed by atoms with Crippen LogP contribution in [-0.2, 0) is 6.54 Å². The normalized spacial score (nSPS) is 14.9. The summed E-state index contributed by atoms with van der Waals surface area (Å²) in [7, 11) is 1.65. The van der Waals surface area contributed by atoms with Gasteiger partial charge in [0, 0.05) is 43.7 Å². The molecule has 0 spiro atoms. The van der Waals surface area contributed by atoms with Crippen LogP contribution in [0.4, 0.5) is 4.39 Å². The van der Waals surface area contributed by atoms with Crippen molar-refractivity contribution < 1.29 is 13.9 Å². The first-order chi connectivity index (χ1) is 17.1. The molecule has 0 aliphatic carbocycles. The molecule has 7 nitrogen and oxygen atoms in total. The van der Waals surface area contributed by atoms with Crippen LogP contribution in [0.25, 0.3) is 21.3 Å². The fraction of sp³-hybridized carbons (Fsp3) is 0.308. The number of rotatable bonds is 8. The zero-order chi connectivity index (χ0) is 24.2. The molecule has 0 unspecified atom stereocenters. The second-order valence-electron chi connectivity index (χ2n) is 8.49. The lowest BCUT2D eigenvalue weighted by Crippen LogP contribution is -2.47. The third-order valence-corrected chi connectivity index (χ3v) is 7.09. The number of hydrogen-bond acceptors (Lipinski definition) is 7. The molecule has 1 aliphatic heterocycles. The van der Waals surface area contributed by atoms with E-state index in [2.05, 4.69) is 14.8 Å². The van der Waals surface area contributed by atoms with E-state index in [1.165, 1.54) is 23.5 Å². The van der Waals surface area contributed by atoms with Gasteiger partial charge >= 0.3 is 0 Å². The molecule has 3 heterocycles. The lowest BCUT2D eigenvalue weighted by molar-refractivity contribution is 0.111. The molecule has 1 aliphatic rings. The first kappa shape index (κ1) is 23.5.